The van der Waals surface area contributed by atoms with Crippen LogP contribution in [-0.2, 0) is 9.53 Å². The Morgan fingerprint density at radius 3 is 2.88 bits per heavy atom. The molecule has 0 aromatic rings. The molecule has 2 N–H and O–H groups in total. The lowest BCUT2D eigenvalue weighted by Crippen LogP contribution is -2.53. The fraction of sp³-hybridized carbons (Fsp3) is 0.700. The van der Waals surface area contributed by atoms with Gasteiger partial charge in [0.1, 0.15) is 0 Å². The SMILES string of the molecule is CNC(=O)NC(=O)C(C)N1CCOC(C#N)C1. The Balaban J connectivity index is 2.51. The first-order valence-corrected chi connectivity index (χ1v) is 5.36. The second kappa shape index (κ2) is 6.18. The van der Waals surface area contributed by atoms with Gasteiger partial charge >= 0.3 is 6.03 Å². The molecule has 0 saturated carbocycles. The minimum atomic E-state index is -0.535. The molecule has 7 nitrogen and oxygen atoms in total. The van der Waals surface area contributed by atoms with Crippen LogP contribution in [0.3, 0.4) is 0 Å². The third-order valence-corrected chi connectivity index (χ3v) is 2.63. The quantitative estimate of drug-likeness (QED) is 0.649. The number of urea groups is 1. The molecule has 1 rings (SSSR count). The monoisotopic (exact) mass is 240 g/mol. The molecule has 3 amide bonds. The molecule has 94 valence electrons. The summed E-state index contributed by atoms with van der Waals surface area (Å²) in [7, 11) is 1.44. The molecule has 1 heterocycles. The third kappa shape index (κ3) is 3.69. The van der Waals surface area contributed by atoms with Crippen LogP contribution < -0.4 is 10.6 Å². The van der Waals surface area contributed by atoms with Crippen LogP contribution >= 0.6 is 0 Å². The van der Waals surface area contributed by atoms with E-state index >= 15 is 0 Å². The fourth-order valence-corrected chi connectivity index (χ4v) is 1.54. The largest absolute Gasteiger partial charge is 0.361 e. The van der Waals surface area contributed by atoms with Crippen LogP contribution in [0.2, 0.25) is 0 Å². The Hall–Kier alpha value is -1.65. The number of imide groups is 1. The number of carbonyl (C=O) groups excluding carboxylic acids is 2. The molecule has 0 bridgehead atoms. The van der Waals surface area contributed by atoms with Crippen molar-refractivity contribution in [2.24, 2.45) is 0 Å². The Morgan fingerprint density at radius 1 is 1.59 bits per heavy atom. The second-order valence-corrected chi connectivity index (χ2v) is 3.73. The summed E-state index contributed by atoms with van der Waals surface area (Å²) in [5.74, 6) is -0.386. The molecule has 17 heavy (non-hydrogen) atoms. The van der Waals surface area contributed by atoms with Crippen molar-refractivity contribution in [2.75, 3.05) is 26.7 Å². The summed E-state index contributed by atoms with van der Waals surface area (Å²) in [5, 5.41) is 13.3. The topological polar surface area (TPSA) is 94.5 Å². The van der Waals surface area contributed by atoms with Crippen molar-refractivity contribution in [3.05, 3.63) is 0 Å². The lowest BCUT2D eigenvalue weighted by Gasteiger charge is -2.33. The smallest absolute Gasteiger partial charge is 0.321 e. The van der Waals surface area contributed by atoms with Gasteiger partial charge in [-0.1, -0.05) is 0 Å². The Kier molecular flexibility index (Phi) is 4.87. The Labute approximate surface area is 99.7 Å². The standard InChI is InChI=1S/C10H16N4O3/c1-7(9(15)13-10(16)12-2)14-3-4-17-8(5-11)6-14/h7-8H,3-4,6H2,1-2H3,(H2,12,13,15,16). The van der Waals surface area contributed by atoms with Crippen molar-refractivity contribution in [3.63, 3.8) is 0 Å². The van der Waals surface area contributed by atoms with Gasteiger partial charge in [-0.25, -0.2) is 4.79 Å². The fourth-order valence-electron chi connectivity index (χ4n) is 1.54. The molecule has 7 heteroatoms. The van der Waals surface area contributed by atoms with Crippen molar-refractivity contribution < 1.29 is 14.3 Å². The maximum atomic E-state index is 11.7. The van der Waals surface area contributed by atoms with Crippen LogP contribution in [0.1, 0.15) is 6.92 Å². The average molecular weight is 240 g/mol. The van der Waals surface area contributed by atoms with E-state index in [0.717, 1.165) is 0 Å². The van der Waals surface area contributed by atoms with Crippen LogP contribution in [0.5, 0.6) is 0 Å². The lowest BCUT2D eigenvalue weighted by atomic mass is 10.2. The first-order chi connectivity index (χ1) is 8.08. The molecule has 1 fully saturated rings. The third-order valence-electron chi connectivity index (χ3n) is 2.63. The maximum absolute atomic E-state index is 11.7. The molecule has 0 spiro atoms. The van der Waals surface area contributed by atoms with E-state index in [-0.39, 0.29) is 5.91 Å². The van der Waals surface area contributed by atoms with Crippen molar-refractivity contribution in [1.29, 1.82) is 5.26 Å². The zero-order valence-corrected chi connectivity index (χ0v) is 9.90. The normalized spacial score (nSPS) is 22.3. The van der Waals surface area contributed by atoms with Crippen molar-refractivity contribution in [1.82, 2.24) is 15.5 Å². The molecule has 0 radical (unpaired) electrons. The predicted octanol–water partition coefficient (Wildman–Crippen LogP) is -0.945. The highest BCUT2D eigenvalue weighted by Crippen LogP contribution is 2.08. The van der Waals surface area contributed by atoms with Crippen LogP contribution in [-0.4, -0.2) is 55.7 Å². The second-order valence-electron chi connectivity index (χ2n) is 3.73. The number of nitrogens with one attached hydrogen (secondary N) is 2. The van der Waals surface area contributed by atoms with Crippen LogP contribution in [0.4, 0.5) is 4.79 Å². The lowest BCUT2D eigenvalue weighted by molar-refractivity contribution is -0.127. The molecular weight excluding hydrogens is 224 g/mol. The summed E-state index contributed by atoms with van der Waals surface area (Å²) < 4.78 is 5.18. The number of hydrogen-bond acceptors (Lipinski definition) is 5. The number of rotatable bonds is 2. The summed E-state index contributed by atoms with van der Waals surface area (Å²) in [4.78, 5) is 24.5. The number of ether oxygens (including phenoxy) is 1. The van der Waals surface area contributed by atoms with Crippen molar-refractivity contribution in [3.8, 4) is 6.07 Å². The summed E-state index contributed by atoms with van der Waals surface area (Å²) in [6.45, 7) is 3.05. The van der Waals surface area contributed by atoms with E-state index in [0.29, 0.717) is 19.7 Å². The molecule has 2 atom stereocenters. The van der Waals surface area contributed by atoms with Gasteiger partial charge in [0.05, 0.1) is 18.7 Å². The molecule has 1 saturated heterocycles. The number of hydrogen-bond donors (Lipinski definition) is 2. The molecular formula is C10H16N4O3. The maximum Gasteiger partial charge on any atom is 0.321 e. The van der Waals surface area contributed by atoms with E-state index < -0.39 is 18.2 Å². The molecule has 2 unspecified atom stereocenters. The zero-order chi connectivity index (χ0) is 12.8. The van der Waals surface area contributed by atoms with E-state index in [2.05, 4.69) is 10.6 Å². The summed E-state index contributed by atoms with van der Waals surface area (Å²) in [6.07, 6.45) is -0.515. The Morgan fingerprint density at radius 2 is 2.29 bits per heavy atom. The van der Waals surface area contributed by atoms with Gasteiger partial charge in [-0.15, -0.1) is 0 Å². The zero-order valence-electron chi connectivity index (χ0n) is 9.90. The van der Waals surface area contributed by atoms with Gasteiger partial charge in [0.15, 0.2) is 6.10 Å². The van der Waals surface area contributed by atoms with Gasteiger partial charge in [0, 0.05) is 20.1 Å². The predicted molar refractivity (Wildman–Crippen MR) is 59.0 cm³/mol. The van der Waals surface area contributed by atoms with Crippen molar-refractivity contribution >= 4 is 11.9 Å². The van der Waals surface area contributed by atoms with Gasteiger partial charge < -0.3 is 10.1 Å². The van der Waals surface area contributed by atoms with Crippen LogP contribution in [0.15, 0.2) is 0 Å². The van der Waals surface area contributed by atoms with Gasteiger partial charge in [-0.05, 0) is 6.92 Å². The summed E-state index contributed by atoms with van der Waals surface area (Å²) in [5.41, 5.74) is 0. The average Bonchev–Trinajstić information content (AvgIpc) is 2.37. The molecule has 1 aliphatic rings. The number of carbonyl (C=O) groups is 2. The van der Waals surface area contributed by atoms with Gasteiger partial charge in [0.25, 0.3) is 0 Å². The van der Waals surface area contributed by atoms with E-state index in [4.69, 9.17) is 10.00 Å². The number of nitriles is 1. The first kappa shape index (κ1) is 13.4. The van der Waals surface area contributed by atoms with Gasteiger partial charge in [0.2, 0.25) is 5.91 Å². The number of morpholine rings is 1. The van der Waals surface area contributed by atoms with E-state index in [1.165, 1.54) is 7.05 Å². The first-order valence-electron chi connectivity index (χ1n) is 5.36. The highest BCUT2D eigenvalue weighted by atomic mass is 16.5. The number of amides is 3. The molecule has 0 aromatic carbocycles. The van der Waals surface area contributed by atoms with E-state index in [1.807, 2.05) is 11.0 Å². The summed E-state index contributed by atoms with van der Waals surface area (Å²) in [6, 6.07) is 1.00. The molecule has 1 aliphatic heterocycles. The van der Waals surface area contributed by atoms with Gasteiger partial charge in [-0.2, -0.15) is 5.26 Å². The summed E-state index contributed by atoms with van der Waals surface area (Å²) >= 11 is 0. The number of nitrogens with zero attached hydrogens (tertiary/aromatic N) is 2. The van der Waals surface area contributed by atoms with Crippen LogP contribution in [0.25, 0.3) is 0 Å². The highest BCUT2D eigenvalue weighted by Gasteiger charge is 2.28. The highest BCUT2D eigenvalue weighted by molar-refractivity contribution is 5.96. The van der Waals surface area contributed by atoms with E-state index in [9.17, 15) is 9.59 Å². The van der Waals surface area contributed by atoms with Gasteiger partial charge in [-0.3, -0.25) is 15.0 Å². The molecule has 0 aromatic heterocycles. The Bertz CT molecular complexity index is 339. The van der Waals surface area contributed by atoms with Crippen molar-refractivity contribution in [2.45, 2.75) is 19.1 Å². The molecule has 0 aliphatic carbocycles. The minimum absolute atomic E-state index is 0.374. The van der Waals surface area contributed by atoms with Crippen LogP contribution in [0, 0.1) is 11.3 Å². The minimum Gasteiger partial charge on any atom is -0.361 e. The van der Waals surface area contributed by atoms with E-state index in [1.54, 1.807) is 6.92 Å².